The Kier molecular flexibility index (Phi) is 6.62. The highest BCUT2D eigenvalue weighted by molar-refractivity contribution is 5.59. The smallest absolute Gasteiger partial charge is 0.255 e. The molecular formula is C22H28F2N4O2. The molecule has 0 radical (unpaired) electrons. The van der Waals surface area contributed by atoms with Gasteiger partial charge in [0, 0.05) is 24.5 Å². The summed E-state index contributed by atoms with van der Waals surface area (Å²) in [4.78, 5) is 10.4. The number of rotatable bonds is 6. The van der Waals surface area contributed by atoms with Gasteiger partial charge in [-0.25, -0.2) is 9.37 Å². The van der Waals surface area contributed by atoms with Crippen LogP contribution in [0.4, 0.5) is 26.1 Å². The number of nitrogens with zero attached hydrogens (tertiary/aromatic N) is 3. The molecule has 0 bridgehead atoms. The maximum Gasteiger partial charge on any atom is 0.255 e. The molecule has 2 aromatic rings. The van der Waals surface area contributed by atoms with E-state index in [2.05, 4.69) is 20.2 Å². The van der Waals surface area contributed by atoms with E-state index in [4.69, 9.17) is 9.47 Å². The van der Waals surface area contributed by atoms with Crippen LogP contribution in [0.5, 0.6) is 5.88 Å². The number of hydrogen-bond acceptors (Lipinski definition) is 6. The van der Waals surface area contributed by atoms with Crippen molar-refractivity contribution in [3.63, 3.8) is 0 Å². The number of aromatic nitrogens is 2. The largest absolute Gasteiger partial charge is 0.475 e. The first-order chi connectivity index (χ1) is 14.6. The predicted molar refractivity (Wildman–Crippen MR) is 112 cm³/mol. The van der Waals surface area contributed by atoms with Gasteiger partial charge in [0.05, 0.1) is 26.0 Å². The van der Waals surface area contributed by atoms with Crippen molar-refractivity contribution in [3.8, 4) is 5.88 Å². The Balaban J connectivity index is 1.35. The van der Waals surface area contributed by atoms with E-state index in [0.717, 1.165) is 56.7 Å². The van der Waals surface area contributed by atoms with E-state index in [-0.39, 0.29) is 30.3 Å². The second-order valence-electron chi connectivity index (χ2n) is 8.10. The maximum absolute atomic E-state index is 14.1. The average molecular weight is 418 g/mol. The number of alkyl halides is 1. The second-order valence-corrected chi connectivity index (χ2v) is 8.10. The van der Waals surface area contributed by atoms with Crippen molar-refractivity contribution in [2.24, 2.45) is 11.8 Å². The highest BCUT2D eigenvalue weighted by Gasteiger charge is 2.28. The van der Waals surface area contributed by atoms with Gasteiger partial charge in [-0.3, -0.25) is 0 Å². The molecule has 3 atom stereocenters. The molecule has 4 rings (SSSR count). The van der Waals surface area contributed by atoms with Crippen molar-refractivity contribution in [1.29, 1.82) is 0 Å². The Bertz CT molecular complexity index is 830. The molecule has 2 heterocycles. The summed E-state index contributed by atoms with van der Waals surface area (Å²) in [5, 5.41) is 3.08. The third-order valence-corrected chi connectivity index (χ3v) is 5.87. The van der Waals surface area contributed by atoms with Gasteiger partial charge in [0.2, 0.25) is 11.8 Å². The lowest BCUT2D eigenvalue weighted by Crippen LogP contribution is -2.36. The Morgan fingerprint density at radius 3 is 2.70 bits per heavy atom. The standard InChI is InChI=1S/C22H28F2N4O2/c1-15-2-3-16(12-19(15)23)14-30-21-20(24)13-25-22(27-21)26-17-4-6-18(7-5-17)28-8-10-29-11-9-28/h4-7,13,15-16,19H,2-3,8-12,14H2,1H3,(H,25,26,27)/t15-,16+,19-/m1/s1. The third kappa shape index (κ3) is 5.16. The highest BCUT2D eigenvalue weighted by Crippen LogP contribution is 2.31. The van der Waals surface area contributed by atoms with E-state index in [0.29, 0.717) is 6.42 Å². The van der Waals surface area contributed by atoms with E-state index < -0.39 is 12.0 Å². The summed E-state index contributed by atoms with van der Waals surface area (Å²) in [6.07, 6.45) is 2.44. The molecule has 1 aromatic heterocycles. The first kappa shape index (κ1) is 20.8. The van der Waals surface area contributed by atoms with Crippen molar-refractivity contribution in [2.75, 3.05) is 43.1 Å². The van der Waals surface area contributed by atoms with Crippen LogP contribution in [-0.2, 0) is 4.74 Å². The van der Waals surface area contributed by atoms with Crippen LogP contribution in [0.25, 0.3) is 0 Å². The van der Waals surface area contributed by atoms with Crippen LogP contribution < -0.4 is 15.0 Å². The zero-order valence-corrected chi connectivity index (χ0v) is 17.2. The van der Waals surface area contributed by atoms with Crippen LogP contribution in [-0.4, -0.2) is 49.0 Å². The summed E-state index contributed by atoms with van der Waals surface area (Å²) >= 11 is 0. The lowest BCUT2D eigenvalue weighted by atomic mass is 9.82. The molecule has 1 saturated heterocycles. The van der Waals surface area contributed by atoms with E-state index in [9.17, 15) is 8.78 Å². The Hall–Kier alpha value is -2.48. The summed E-state index contributed by atoms with van der Waals surface area (Å²) in [6.45, 7) is 5.40. The van der Waals surface area contributed by atoms with Gasteiger partial charge in [0.25, 0.3) is 5.88 Å². The van der Waals surface area contributed by atoms with Crippen LogP contribution in [0.2, 0.25) is 0 Å². The first-order valence-corrected chi connectivity index (χ1v) is 10.6. The zero-order chi connectivity index (χ0) is 20.9. The highest BCUT2D eigenvalue weighted by atomic mass is 19.1. The molecule has 2 aliphatic rings. The summed E-state index contributed by atoms with van der Waals surface area (Å²) in [5.41, 5.74) is 1.92. The van der Waals surface area contributed by atoms with Crippen LogP contribution in [0.15, 0.2) is 30.5 Å². The Morgan fingerprint density at radius 1 is 1.20 bits per heavy atom. The number of hydrogen-bond donors (Lipinski definition) is 1. The fraction of sp³-hybridized carbons (Fsp3) is 0.545. The number of benzene rings is 1. The lowest BCUT2D eigenvalue weighted by molar-refractivity contribution is 0.102. The molecule has 1 aromatic carbocycles. The quantitative estimate of drug-likeness (QED) is 0.753. The summed E-state index contributed by atoms with van der Waals surface area (Å²) in [6, 6.07) is 7.91. The summed E-state index contributed by atoms with van der Waals surface area (Å²) in [5.74, 6) is -0.306. The van der Waals surface area contributed by atoms with Gasteiger partial charge in [0.1, 0.15) is 6.17 Å². The van der Waals surface area contributed by atoms with Gasteiger partial charge in [-0.15, -0.1) is 0 Å². The van der Waals surface area contributed by atoms with Gasteiger partial charge in [-0.05, 0) is 55.4 Å². The molecule has 1 N–H and O–H groups in total. The second kappa shape index (κ2) is 9.55. The number of halogens is 2. The van der Waals surface area contributed by atoms with Gasteiger partial charge in [-0.1, -0.05) is 6.92 Å². The number of nitrogens with one attached hydrogen (secondary N) is 1. The zero-order valence-electron chi connectivity index (χ0n) is 17.2. The van der Waals surface area contributed by atoms with E-state index >= 15 is 0 Å². The molecule has 6 nitrogen and oxygen atoms in total. The molecular weight excluding hydrogens is 390 g/mol. The molecule has 0 spiro atoms. The minimum Gasteiger partial charge on any atom is -0.475 e. The van der Waals surface area contributed by atoms with E-state index in [1.54, 1.807) is 0 Å². The van der Waals surface area contributed by atoms with Crippen molar-refractivity contribution >= 4 is 17.3 Å². The van der Waals surface area contributed by atoms with Gasteiger partial charge >= 0.3 is 0 Å². The molecule has 162 valence electrons. The third-order valence-electron chi connectivity index (χ3n) is 5.87. The van der Waals surface area contributed by atoms with Gasteiger partial charge < -0.3 is 19.7 Å². The van der Waals surface area contributed by atoms with E-state index in [1.807, 2.05) is 31.2 Å². The van der Waals surface area contributed by atoms with Crippen molar-refractivity contribution in [3.05, 3.63) is 36.3 Å². The fourth-order valence-corrected chi connectivity index (χ4v) is 3.92. The topological polar surface area (TPSA) is 59.5 Å². The molecule has 2 fully saturated rings. The van der Waals surface area contributed by atoms with Crippen LogP contribution >= 0.6 is 0 Å². The Labute approximate surface area is 175 Å². The molecule has 1 aliphatic heterocycles. The number of morpholine rings is 1. The molecule has 0 amide bonds. The van der Waals surface area contributed by atoms with Gasteiger partial charge in [-0.2, -0.15) is 9.37 Å². The number of anilines is 3. The van der Waals surface area contributed by atoms with Crippen molar-refractivity contribution < 1.29 is 18.3 Å². The van der Waals surface area contributed by atoms with Crippen LogP contribution in [0.3, 0.4) is 0 Å². The molecule has 0 unspecified atom stereocenters. The van der Waals surface area contributed by atoms with Crippen molar-refractivity contribution in [1.82, 2.24) is 9.97 Å². The first-order valence-electron chi connectivity index (χ1n) is 10.6. The fourth-order valence-electron chi connectivity index (χ4n) is 3.92. The van der Waals surface area contributed by atoms with Crippen LogP contribution in [0, 0.1) is 17.7 Å². The molecule has 1 aliphatic carbocycles. The number of ether oxygens (including phenoxy) is 2. The molecule has 30 heavy (non-hydrogen) atoms. The normalized spacial score (nSPS) is 24.5. The average Bonchev–Trinajstić information content (AvgIpc) is 2.77. The summed E-state index contributed by atoms with van der Waals surface area (Å²) in [7, 11) is 0. The van der Waals surface area contributed by atoms with Crippen LogP contribution in [0.1, 0.15) is 26.2 Å². The molecule has 1 saturated carbocycles. The lowest BCUT2D eigenvalue weighted by Gasteiger charge is -2.29. The monoisotopic (exact) mass is 418 g/mol. The van der Waals surface area contributed by atoms with Crippen molar-refractivity contribution in [2.45, 2.75) is 32.4 Å². The molecule has 8 heteroatoms. The maximum atomic E-state index is 14.1. The van der Waals surface area contributed by atoms with Gasteiger partial charge in [0.15, 0.2) is 0 Å². The SMILES string of the molecule is C[C@@H]1CC[C@H](COc2nc(Nc3ccc(N4CCOCC4)cc3)ncc2F)C[C@H]1F. The predicted octanol–water partition coefficient (Wildman–Crippen LogP) is 4.35. The minimum atomic E-state index is -0.819. The Morgan fingerprint density at radius 2 is 1.97 bits per heavy atom. The minimum absolute atomic E-state index is 0.0784. The summed E-state index contributed by atoms with van der Waals surface area (Å²) < 4.78 is 39.0. The van der Waals surface area contributed by atoms with E-state index in [1.165, 1.54) is 0 Å².